The minimum Gasteiger partial charge on any atom is -0.491 e. The standard InChI is InChI=1S/C22H30N2O4/c1-4-26-13-14-27-21-8-6-5-7-20(21)24-22(25)16-23-15-18-9-11-19(12-10-18)28-17(2)3/h5-12,17,23H,4,13-16H2,1-3H3,(H,24,25). The molecule has 2 aromatic carbocycles. The molecule has 2 aromatic rings. The first-order chi connectivity index (χ1) is 13.6. The highest BCUT2D eigenvalue weighted by Gasteiger charge is 2.07. The topological polar surface area (TPSA) is 68.8 Å². The number of hydrogen-bond acceptors (Lipinski definition) is 5. The van der Waals surface area contributed by atoms with E-state index in [1.807, 2.05) is 69.3 Å². The molecular formula is C22H30N2O4. The van der Waals surface area contributed by atoms with Crippen molar-refractivity contribution in [3.8, 4) is 11.5 Å². The van der Waals surface area contributed by atoms with Crippen LogP contribution in [0.5, 0.6) is 11.5 Å². The van der Waals surface area contributed by atoms with E-state index in [9.17, 15) is 4.79 Å². The fraction of sp³-hybridized carbons (Fsp3) is 0.409. The summed E-state index contributed by atoms with van der Waals surface area (Å²) in [7, 11) is 0. The molecule has 0 spiro atoms. The van der Waals surface area contributed by atoms with E-state index in [0.717, 1.165) is 11.3 Å². The van der Waals surface area contributed by atoms with Crippen molar-refractivity contribution in [1.82, 2.24) is 5.32 Å². The van der Waals surface area contributed by atoms with Gasteiger partial charge in [-0.25, -0.2) is 0 Å². The van der Waals surface area contributed by atoms with Gasteiger partial charge in [-0.2, -0.15) is 0 Å². The van der Waals surface area contributed by atoms with Gasteiger partial charge in [0.05, 0.1) is 24.9 Å². The van der Waals surface area contributed by atoms with Crippen LogP contribution in [0.3, 0.4) is 0 Å². The summed E-state index contributed by atoms with van der Waals surface area (Å²) in [5.41, 5.74) is 1.74. The highest BCUT2D eigenvalue weighted by atomic mass is 16.5. The lowest BCUT2D eigenvalue weighted by Crippen LogP contribution is -2.28. The molecule has 0 bridgehead atoms. The normalized spacial score (nSPS) is 10.7. The number of benzene rings is 2. The van der Waals surface area contributed by atoms with E-state index in [1.165, 1.54) is 0 Å². The Morgan fingerprint density at radius 1 is 1.04 bits per heavy atom. The predicted octanol–water partition coefficient (Wildman–Crippen LogP) is 3.62. The SMILES string of the molecule is CCOCCOc1ccccc1NC(=O)CNCc1ccc(OC(C)C)cc1. The fourth-order valence-corrected chi connectivity index (χ4v) is 2.52. The van der Waals surface area contributed by atoms with Crippen molar-refractivity contribution in [3.63, 3.8) is 0 Å². The number of hydrogen-bond donors (Lipinski definition) is 2. The first-order valence-corrected chi connectivity index (χ1v) is 9.64. The molecule has 0 radical (unpaired) electrons. The molecule has 0 saturated heterocycles. The maximum absolute atomic E-state index is 12.2. The van der Waals surface area contributed by atoms with Crippen molar-refractivity contribution in [3.05, 3.63) is 54.1 Å². The Bertz CT molecular complexity index is 717. The highest BCUT2D eigenvalue weighted by molar-refractivity contribution is 5.93. The second-order valence-corrected chi connectivity index (χ2v) is 6.50. The second-order valence-electron chi connectivity index (χ2n) is 6.50. The Labute approximate surface area is 167 Å². The summed E-state index contributed by atoms with van der Waals surface area (Å²) >= 11 is 0. The smallest absolute Gasteiger partial charge is 0.238 e. The molecule has 0 aliphatic carbocycles. The van der Waals surface area contributed by atoms with Crippen LogP contribution < -0.4 is 20.1 Å². The summed E-state index contributed by atoms with van der Waals surface area (Å²) in [6.45, 7) is 8.35. The summed E-state index contributed by atoms with van der Waals surface area (Å²) in [4.78, 5) is 12.2. The average molecular weight is 386 g/mol. The minimum atomic E-state index is -0.124. The van der Waals surface area contributed by atoms with Crippen LogP contribution in [0.25, 0.3) is 0 Å². The lowest BCUT2D eigenvalue weighted by Gasteiger charge is -2.13. The molecule has 28 heavy (non-hydrogen) atoms. The molecule has 0 aliphatic rings. The maximum Gasteiger partial charge on any atom is 0.238 e. The van der Waals surface area contributed by atoms with Gasteiger partial charge in [0.15, 0.2) is 0 Å². The third-order valence-electron chi connectivity index (χ3n) is 3.76. The number of rotatable bonds is 12. The van der Waals surface area contributed by atoms with Crippen molar-refractivity contribution in [2.24, 2.45) is 0 Å². The van der Waals surface area contributed by atoms with Crippen LogP contribution in [0.4, 0.5) is 5.69 Å². The van der Waals surface area contributed by atoms with Crippen LogP contribution >= 0.6 is 0 Å². The third-order valence-corrected chi connectivity index (χ3v) is 3.76. The molecular weight excluding hydrogens is 356 g/mol. The van der Waals surface area contributed by atoms with Crippen molar-refractivity contribution in [2.45, 2.75) is 33.4 Å². The number of nitrogens with one attached hydrogen (secondary N) is 2. The van der Waals surface area contributed by atoms with Gasteiger partial charge in [0.1, 0.15) is 18.1 Å². The van der Waals surface area contributed by atoms with Gasteiger partial charge in [0.2, 0.25) is 5.91 Å². The van der Waals surface area contributed by atoms with Gasteiger partial charge in [-0.3, -0.25) is 4.79 Å². The molecule has 6 heteroatoms. The van der Waals surface area contributed by atoms with Gasteiger partial charge in [0, 0.05) is 13.2 Å². The number of anilines is 1. The minimum absolute atomic E-state index is 0.124. The lowest BCUT2D eigenvalue weighted by atomic mass is 10.2. The van der Waals surface area contributed by atoms with E-state index in [4.69, 9.17) is 14.2 Å². The van der Waals surface area contributed by atoms with Crippen LogP contribution in [-0.4, -0.2) is 38.4 Å². The van der Waals surface area contributed by atoms with E-state index >= 15 is 0 Å². The van der Waals surface area contributed by atoms with E-state index in [-0.39, 0.29) is 18.6 Å². The molecule has 0 fully saturated rings. The predicted molar refractivity (Wildman–Crippen MR) is 111 cm³/mol. The van der Waals surface area contributed by atoms with E-state index in [1.54, 1.807) is 0 Å². The van der Waals surface area contributed by atoms with Gasteiger partial charge in [-0.1, -0.05) is 24.3 Å². The monoisotopic (exact) mass is 386 g/mol. The zero-order valence-corrected chi connectivity index (χ0v) is 16.9. The average Bonchev–Trinajstić information content (AvgIpc) is 2.67. The summed E-state index contributed by atoms with van der Waals surface area (Å²) < 4.78 is 16.6. The number of para-hydroxylation sites is 2. The van der Waals surface area contributed by atoms with Crippen LogP contribution in [0.2, 0.25) is 0 Å². The van der Waals surface area contributed by atoms with Gasteiger partial charge in [0.25, 0.3) is 0 Å². The Kier molecular flexibility index (Phi) is 9.31. The van der Waals surface area contributed by atoms with Crippen molar-refractivity contribution < 1.29 is 19.0 Å². The van der Waals surface area contributed by atoms with E-state index in [2.05, 4.69) is 10.6 Å². The number of carbonyl (C=O) groups excluding carboxylic acids is 1. The summed E-state index contributed by atoms with van der Waals surface area (Å²) in [6.07, 6.45) is 0.152. The first kappa shape index (κ1) is 21.7. The van der Waals surface area contributed by atoms with Crippen molar-refractivity contribution in [1.29, 1.82) is 0 Å². The largest absolute Gasteiger partial charge is 0.491 e. The second kappa shape index (κ2) is 12.0. The molecule has 6 nitrogen and oxygen atoms in total. The summed E-state index contributed by atoms with van der Waals surface area (Å²) in [5.74, 6) is 1.36. The molecule has 0 heterocycles. The number of ether oxygens (including phenoxy) is 3. The molecule has 0 aromatic heterocycles. The highest BCUT2D eigenvalue weighted by Crippen LogP contribution is 2.23. The maximum atomic E-state index is 12.2. The van der Waals surface area contributed by atoms with Crippen LogP contribution in [0.1, 0.15) is 26.3 Å². The molecule has 0 saturated carbocycles. The van der Waals surface area contributed by atoms with Gasteiger partial charge in [-0.05, 0) is 50.6 Å². The quantitative estimate of drug-likeness (QED) is 0.545. The molecule has 1 amide bonds. The Hall–Kier alpha value is -2.57. The Balaban J connectivity index is 1.76. The lowest BCUT2D eigenvalue weighted by molar-refractivity contribution is -0.115. The zero-order chi connectivity index (χ0) is 20.2. The van der Waals surface area contributed by atoms with E-state index in [0.29, 0.717) is 37.8 Å². The molecule has 0 aliphatic heterocycles. The third kappa shape index (κ3) is 7.98. The van der Waals surface area contributed by atoms with Crippen LogP contribution in [-0.2, 0) is 16.1 Å². The molecule has 152 valence electrons. The molecule has 2 rings (SSSR count). The number of carbonyl (C=O) groups is 1. The van der Waals surface area contributed by atoms with Crippen LogP contribution in [0.15, 0.2) is 48.5 Å². The van der Waals surface area contributed by atoms with Gasteiger partial charge in [-0.15, -0.1) is 0 Å². The van der Waals surface area contributed by atoms with E-state index < -0.39 is 0 Å². The van der Waals surface area contributed by atoms with Gasteiger partial charge < -0.3 is 24.8 Å². The van der Waals surface area contributed by atoms with Crippen LogP contribution in [0, 0.1) is 0 Å². The van der Waals surface area contributed by atoms with Crippen molar-refractivity contribution in [2.75, 3.05) is 31.7 Å². The Morgan fingerprint density at radius 2 is 1.79 bits per heavy atom. The summed E-state index contributed by atoms with van der Waals surface area (Å²) in [5, 5.41) is 6.03. The van der Waals surface area contributed by atoms with Crippen molar-refractivity contribution >= 4 is 11.6 Å². The zero-order valence-electron chi connectivity index (χ0n) is 16.9. The molecule has 0 atom stereocenters. The molecule has 0 unspecified atom stereocenters. The van der Waals surface area contributed by atoms with Gasteiger partial charge >= 0.3 is 0 Å². The molecule has 2 N–H and O–H groups in total. The fourth-order valence-electron chi connectivity index (χ4n) is 2.52. The first-order valence-electron chi connectivity index (χ1n) is 9.64. The Morgan fingerprint density at radius 3 is 2.50 bits per heavy atom. The number of amides is 1. The summed E-state index contributed by atoms with van der Waals surface area (Å²) in [6, 6.07) is 15.2.